The van der Waals surface area contributed by atoms with Crippen LogP contribution < -0.4 is 5.32 Å². The van der Waals surface area contributed by atoms with Crippen LogP contribution >= 0.6 is 11.6 Å². The van der Waals surface area contributed by atoms with Gasteiger partial charge in [-0.05, 0) is 24.6 Å². The first-order valence-electron chi connectivity index (χ1n) is 5.83. The van der Waals surface area contributed by atoms with Crippen molar-refractivity contribution >= 4 is 28.6 Å². The summed E-state index contributed by atoms with van der Waals surface area (Å²) in [4.78, 5) is 15.3. The molecular weight excluding hydrogens is 266 g/mol. The van der Waals surface area contributed by atoms with Gasteiger partial charge in [-0.2, -0.15) is 15.1 Å². The molecule has 3 aromatic rings. The van der Waals surface area contributed by atoms with Gasteiger partial charge in [0.15, 0.2) is 11.5 Å². The Bertz CT molecular complexity index is 675. The molecule has 0 aliphatic heterocycles. The summed E-state index contributed by atoms with van der Waals surface area (Å²) in [6.45, 7) is 2.77. The van der Waals surface area contributed by atoms with Crippen molar-refractivity contribution in [2.75, 3.05) is 5.32 Å². The second-order valence-corrected chi connectivity index (χ2v) is 4.55. The first kappa shape index (κ1) is 11.9. The van der Waals surface area contributed by atoms with Gasteiger partial charge in [0.05, 0.1) is 12.9 Å². The van der Waals surface area contributed by atoms with Crippen LogP contribution in [0.15, 0.2) is 24.8 Å². The van der Waals surface area contributed by atoms with Gasteiger partial charge in [-0.3, -0.25) is 4.68 Å². The fourth-order valence-corrected chi connectivity index (χ4v) is 2.04. The van der Waals surface area contributed by atoms with Crippen LogP contribution in [0.5, 0.6) is 0 Å². The van der Waals surface area contributed by atoms with E-state index in [1.807, 2.05) is 23.9 Å². The van der Waals surface area contributed by atoms with E-state index in [-0.39, 0.29) is 11.3 Å². The predicted molar refractivity (Wildman–Crippen MR) is 72.0 cm³/mol. The number of nitrogens with zero attached hydrogens (tertiary/aromatic N) is 5. The molecule has 0 aliphatic rings. The van der Waals surface area contributed by atoms with E-state index in [0.717, 1.165) is 12.1 Å². The first-order valence-corrected chi connectivity index (χ1v) is 6.21. The third kappa shape index (κ3) is 2.50. The normalized spacial score (nSPS) is 12.7. The number of nitrogens with one attached hydrogen (secondary N) is 2. The average Bonchev–Trinajstić information content (AvgIpc) is 2.99. The van der Waals surface area contributed by atoms with Gasteiger partial charge in [-0.25, -0.2) is 4.98 Å². The molecule has 19 heavy (non-hydrogen) atoms. The topological polar surface area (TPSA) is 84.3 Å². The van der Waals surface area contributed by atoms with Crippen LogP contribution in [0, 0.1) is 0 Å². The molecule has 2 N–H and O–H groups in total. The Morgan fingerprint density at radius 2 is 2.37 bits per heavy atom. The second-order valence-electron chi connectivity index (χ2n) is 4.22. The zero-order valence-electron chi connectivity index (χ0n) is 10.2. The maximum atomic E-state index is 5.87. The molecule has 8 heteroatoms. The summed E-state index contributed by atoms with van der Waals surface area (Å²) in [6.07, 6.45) is 5.23. The molecule has 0 bridgehead atoms. The highest BCUT2D eigenvalue weighted by molar-refractivity contribution is 6.28. The number of aromatic nitrogens is 6. The van der Waals surface area contributed by atoms with Crippen molar-refractivity contribution in [3.05, 3.63) is 30.1 Å². The molecule has 0 spiro atoms. The van der Waals surface area contributed by atoms with Crippen molar-refractivity contribution in [3.8, 4) is 0 Å². The molecule has 3 aromatic heterocycles. The van der Waals surface area contributed by atoms with Crippen molar-refractivity contribution in [2.45, 2.75) is 19.5 Å². The summed E-state index contributed by atoms with van der Waals surface area (Å²) in [5, 5.41) is 7.62. The van der Waals surface area contributed by atoms with Gasteiger partial charge >= 0.3 is 0 Å². The van der Waals surface area contributed by atoms with Gasteiger partial charge in [0.1, 0.15) is 5.52 Å². The van der Waals surface area contributed by atoms with Crippen LogP contribution in [-0.2, 0) is 6.54 Å². The maximum Gasteiger partial charge on any atom is 0.226 e. The molecule has 98 valence electrons. The van der Waals surface area contributed by atoms with E-state index in [9.17, 15) is 0 Å². The Morgan fingerprint density at radius 1 is 1.47 bits per heavy atom. The van der Waals surface area contributed by atoms with Gasteiger partial charge in [-0.1, -0.05) is 0 Å². The van der Waals surface area contributed by atoms with Crippen molar-refractivity contribution in [3.63, 3.8) is 0 Å². The molecule has 0 aliphatic carbocycles. The Labute approximate surface area is 114 Å². The highest BCUT2D eigenvalue weighted by Gasteiger charge is 2.11. The van der Waals surface area contributed by atoms with Crippen LogP contribution in [0.4, 0.5) is 5.82 Å². The summed E-state index contributed by atoms with van der Waals surface area (Å²) in [6, 6.07) is 2.03. The Balaban J connectivity index is 1.82. The van der Waals surface area contributed by atoms with E-state index >= 15 is 0 Å². The highest BCUT2D eigenvalue weighted by atomic mass is 35.5. The minimum absolute atomic E-state index is 0.136. The lowest BCUT2D eigenvalue weighted by Gasteiger charge is -2.14. The number of anilines is 1. The predicted octanol–water partition coefficient (Wildman–Crippen LogP) is 1.70. The summed E-state index contributed by atoms with van der Waals surface area (Å²) in [7, 11) is 0. The number of hydrogen-bond acceptors (Lipinski definition) is 5. The van der Waals surface area contributed by atoms with Crippen LogP contribution in [0.1, 0.15) is 6.92 Å². The van der Waals surface area contributed by atoms with Crippen molar-refractivity contribution in [1.82, 2.24) is 29.7 Å². The Kier molecular flexibility index (Phi) is 3.04. The largest absolute Gasteiger partial charge is 0.364 e. The van der Waals surface area contributed by atoms with E-state index in [4.69, 9.17) is 11.6 Å². The zero-order valence-corrected chi connectivity index (χ0v) is 11.0. The molecule has 1 atom stereocenters. The van der Waals surface area contributed by atoms with Gasteiger partial charge < -0.3 is 10.3 Å². The maximum absolute atomic E-state index is 5.87. The number of H-pyrrole nitrogens is 1. The first-order chi connectivity index (χ1) is 9.22. The van der Waals surface area contributed by atoms with Crippen LogP contribution in [0.2, 0.25) is 5.28 Å². The summed E-state index contributed by atoms with van der Waals surface area (Å²) < 4.78 is 1.85. The molecule has 0 aromatic carbocycles. The minimum atomic E-state index is 0.136. The van der Waals surface area contributed by atoms with E-state index in [0.29, 0.717) is 11.5 Å². The Hall–Kier alpha value is -2.15. The zero-order chi connectivity index (χ0) is 13.2. The fraction of sp³-hybridized carbons (Fsp3) is 0.273. The second kappa shape index (κ2) is 4.85. The molecule has 0 radical (unpaired) electrons. The monoisotopic (exact) mass is 277 g/mol. The Morgan fingerprint density at radius 3 is 3.16 bits per heavy atom. The van der Waals surface area contributed by atoms with Crippen LogP contribution in [-0.4, -0.2) is 35.8 Å². The molecule has 0 amide bonds. The number of rotatable bonds is 4. The average molecular weight is 278 g/mol. The van der Waals surface area contributed by atoms with Crippen molar-refractivity contribution in [2.24, 2.45) is 0 Å². The third-order valence-corrected chi connectivity index (χ3v) is 2.83. The molecule has 0 saturated carbocycles. The number of aromatic amines is 1. The fourth-order valence-electron chi connectivity index (χ4n) is 1.88. The molecule has 0 saturated heterocycles. The molecular formula is C11H12ClN7. The number of fused-ring (bicyclic) bond motifs is 1. The van der Waals surface area contributed by atoms with Gasteiger partial charge in [-0.15, -0.1) is 0 Å². The van der Waals surface area contributed by atoms with E-state index in [2.05, 4.69) is 30.4 Å². The van der Waals surface area contributed by atoms with E-state index in [1.54, 1.807) is 12.5 Å². The van der Waals surface area contributed by atoms with Crippen molar-refractivity contribution < 1.29 is 0 Å². The molecule has 7 nitrogen and oxygen atoms in total. The lowest BCUT2D eigenvalue weighted by molar-refractivity contribution is 0.560. The molecule has 0 fully saturated rings. The third-order valence-electron chi connectivity index (χ3n) is 2.66. The standard InChI is InChI=1S/C11H12ClN7/c1-7(5-19-4-2-3-15-19)16-10-8-9(14-6-13-8)17-11(12)18-10/h2-4,6-7H,5H2,1H3,(H2,13,14,16,17,18). The number of imidazole rings is 1. The smallest absolute Gasteiger partial charge is 0.226 e. The lowest BCUT2D eigenvalue weighted by atomic mass is 10.3. The SMILES string of the molecule is CC(Cn1cccn1)Nc1nc(Cl)nc2nc[nH]c12. The van der Waals surface area contributed by atoms with E-state index < -0.39 is 0 Å². The molecule has 3 rings (SSSR count). The summed E-state index contributed by atoms with van der Waals surface area (Å²) >= 11 is 5.87. The summed E-state index contributed by atoms with van der Waals surface area (Å²) in [5.74, 6) is 0.646. The lowest BCUT2D eigenvalue weighted by Crippen LogP contribution is -2.23. The molecule has 1 unspecified atom stereocenters. The number of halogens is 1. The van der Waals surface area contributed by atoms with Crippen LogP contribution in [0.25, 0.3) is 11.2 Å². The quantitative estimate of drug-likeness (QED) is 0.709. The van der Waals surface area contributed by atoms with Gasteiger partial charge in [0.2, 0.25) is 5.28 Å². The van der Waals surface area contributed by atoms with Gasteiger partial charge in [0, 0.05) is 18.4 Å². The molecule has 3 heterocycles. The summed E-state index contributed by atoms with van der Waals surface area (Å²) in [5.41, 5.74) is 1.30. The number of hydrogen-bond donors (Lipinski definition) is 2. The highest BCUT2D eigenvalue weighted by Crippen LogP contribution is 2.19. The van der Waals surface area contributed by atoms with E-state index in [1.165, 1.54) is 0 Å². The minimum Gasteiger partial charge on any atom is -0.364 e. The van der Waals surface area contributed by atoms with Gasteiger partial charge in [0.25, 0.3) is 0 Å². The van der Waals surface area contributed by atoms with Crippen LogP contribution in [0.3, 0.4) is 0 Å². The van der Waals surface area contributed by atoms with Crippen molar-refractivity contribution in [1.29, 1.82) is 0 Å².